The molecule has 92 valence electrons. The van der Waals surface area contributed by atoms with Gasteiger partial charge in [-0.1, -0.05) is 6.07 Å². The molecule has 0 spiro atoms. The van der Waals surface area contributed by atoms with Gasteiger partial charge in [0.1, 0.15) is 0 Å². The van der Waals surface area contributed by atoms with Crippen molar-refractivity contribution >= 4 is 10.0 Å². The highest BCUT2D eigenvalue weighted by Gasteiger charge is 2.20. The second kappa shape index (κ2) is 5.30. The number of nitriles is 1. The van der Waals surface area contributed by atoms with Crippen molar-refractivity contribution in [1.82, 2.24) is 4.31 Å². The number of hydrogen-bond acceptors (Lipinski definition) is 3. The van der Waals surface area contributed by atoms with Gasteiger partial charge in [-0.25, -0.2) is 8.42 Å². The molecule has 0 fully saturated rings. The lowest BCUT2D eigenvalue weighted by molar-refractivity contribution is 0.476. The van der Waals surface area contributed by atoms with Crippen molar-refractivity contribution in [3.8, 4) is 6.07 Å². The first-order chi connectivity index (χ1) is 7.89. The molecule has 5 heteroatoms. The van der Waals surface area contributed by atoms with E-state index in [9.17, 15) is 8.42 Å². The summed E-state index contributed by atoms with van der Waals surface area (Å²) in [6.45, 7) is 4.03. The topological polar surface area (TPSA) is 61.2 Å². The van der Waals surface area contributed by atoms with Crippen LogP contribution < -0.4 is 0 Å². The summed E-state index contributed by atoms with van der Waals surface area (Å²) in [6.07, 6.45) is 0.195. The van der Waals surface area contributed by atoms with Gasteiger partial charge in [0.15, 0.2) is 0 Å². The Morgan fingerprint density at radius 2 is 1.94 bits per heavy atom. The van der Waals surface area contributed by atoms with Crippen LogP contribution in [0.15, 0.2) is 23.1 Å². The lowest BCUT2D eigenvalue weighted by atomic mass is 10.1. The Bertz CT molecular complexity index is 544. The van der Waals surface area contributed by atoms with Crippen LogP contribution in [0.2, 0.25) is 0 Å². The lowest BCUT2D eigenvalue weighted by Crippen LogP contribution is -2.27. The second-order valence-electron chi connectivity index (χ2n) is 3.98. The molecule has 0 bridgehead atoms. The normalized spacial score (nSPS) is 11.5. The van der Waals surface area contributed by atoms with Gasteiger partial charge in [-0.3, -0.25) is 0 Å². The molecule has 0 aromatic heterocycles. The number of aryl methyl sites for hydroxylation is 2. The minimum absolute atomic E-state index is 0.195. The van der Waals surface area contributed by atoms with Crippen molar-refractivity contribution in [2.24, 2.45) is 0 Å². The Balaban J connectivity index is 3.05. The largest absolute Gasteiger partial charge is 0.242 e. The minimum atomic E-state index is -3.47. The predicted octanol–water partition coefficient (Wildman–Crippen LogP) is 1.84. The van der Waals surface area contributed by atoms with Crippen molar-refractivity contribution < 1.29 is 8.42 Å². The Morgan fingerprint density at radius 3 is 2.47 bits per heavy atom. The molecule has 1 aromatic carbocycles. The van der Waals surface area contributed by atoms with Crippen molar-refractivity contribution in [1.29, 1.82) is 5.26 Å². The van der Waals surface area contributed by atoms with Crippen LogP contribution in [0.3, 0.4) is 0 Å². The summed E-state index contributed by atoms with van der Waals surface area (Å²) in [5.74, 6) is 0. The molecule has 1 rings (SSSR count). The summed E-state index contributed by atoms with van der Waals surface area (Å²) in [7, 11) is -1.98. The van der Waals surface area contributed by atoms with Gasteiger partial charge >= 0.3 is 0 Å². The van der Waals surface area contributed by atoms with Crippen LogP contribution >= 0.6 is 0 Å². The molecule has 0 unspecified atom stereocenters. The zero-order chi connectivity index (χ0) is 13.1. The molecule has 0 aliphatic carbocycles. The standard InChI is InChI=1S/C12H16N2O2S/c1-10-5-6-12(9-11(10)2)17(15,16)14(3)8-4-7-13/h5-6,9H,4,8H2,1-3H3. The Kier molecular flexibility index (Phi) is 4.27. The van der Waals surface area contributed by atoms with E-state index < -0.39 is 10.0 Å². The number of hydrogen-bond donors (Lipinski definition) is 0. The summed E-state index contributed by atoms with van der Waals surface area (Å²) in [5.41, 5.74) is 2.00. The molecular formula is C12H16N2O2S. The number of sulfonamides is 1. The maximum Gasteiger partial charge on any atom is 0.242 e. The van der Waals surface area contributed by atoms with Crippen molar-refractivity contribution in [2.75, 3.05) is 13.6 Å². The monoisotopic (exact) mass is 252 g/mol. The maximum absolute atomic E-state index is 12.1. The summed E-state index contributed by atoms with van der Waals surface area (Å²) in [4.78, 5) is 0.279. The Hall–Kier alpha value is -1.38. The van der Waals surface area contributed by atoms with E-state index >= 15 is 0 Å². The van der Waals surface area contributed by atoms with Gasteiger partial charge in [0, 0.05) is 20.0 Å². The Morgan fingerprint density at radius 1 is 1.29 bits per heavy atom. The summed E-state index contributed by atoms with van der Waals surface area (Å²) < 4.78 is 25.4. The second-order valence-corrected chi connectivity index (χ2v) is 6.03. The molecule has 0 saturated carbocycles. The fourth-order valence-electron chi connectivity index (χ4n) is 1.38. The van der Waals surface area contributed by atoms with Gasteiger partial charge < -0.3 is 0 Å². The highest BCUT2D eigenvalue weighted by molar-refractivity contribution is 7.89. The third-order valence-corrected chi connectivity index (χ3v) is 4.58. The number of rotatable bonds is 4. The van der Waals surface area contributed by atoms with Gasteiger partial charge in [0.2, 0.25) is 10.0 Å². The summed E-state index contributed by atoms with van der Waals surface area (Å²) in [6, 6.07) is 6.99. The third kappa shape index (κ3) is 3.05. The molecule has 0 saturated heterocycles. The van der Waals surface area contributed by atoms with Crippen LogP contribution in [-0.2, 0) is 10.0 Å². The predicted molar refractivity (Wildman–Crippen MR) is 66.0 cm³/mol. The molecule has 0 amide bonds. The molecule has 0 atom stereocenters. The Labute approximate surface area is 103 Å². The smallest absolute Gasteiger partial charge is 0.207 e. The molecule has 0 heterocycles. The summed E-state index contributed by atoms with van der Waals surface area (Å²) >= 11 is 0. The average Bonchev–Trinajstić information content (AvgIpc) is 2.29. The quantitative estimate of drug-likeness (QED) is 0.821. The highest BCUT2D eigenvalue weighted by Crippen LogP contribution is 2.18. The fraction of sp³-hybridized carbons (Fsp3) is 0.417. The van der Waals surface area contributed by atoms with Crippen LogP contribution in [-0.4, -0.2) is 26.3 Å². The van der Waals surface area contributed by atoms with Crippen molar-refractivity contribution in [3.63, 3.8) is 0 Å². The first-order valence-electron chi connectivity index (χ1n) is 5.30. The van der Waals surface area contributed by atoms with Crippen molar-refractivity contribution in [2.45, 2.75) is 25.2 Å². The SMILES string of the molecule is Cc1ccc(S(=O)(=O)N(C)CCC#N)cc1C. The van der Waals surface area contributed by atoms with Gasteiger partial charge in [0.25, 0.3) is 0 Å². The van der Waals surface area contributed by atoms with Crippen LogP contribution in [0.5, 0.6) is 0 Å². The molecule has 4 nitrogen and oxygen atoms in total. The van der Waals surface area contributed by atoms with Gasteiger partial charge in [-0.05, 0) is 37.1 Å². The zero-order valence-corrected chi connectivity index (χ0v) is 11.1. The van der Waals surface area contributed by atoms with E-state index in [4.69, 9.17) is 5.26 Å². The van der Waals surface area contributed by atoms with Crippen LogP contribution in [0.25, 0.3) is 0 Å². The van der Waals surface area contributed by atoms with Crippen LogP contribution in [0.4, 0.5) is 0 Å². The zero-order valence-electron chi connectivity index (χ0n) is 10.3. The van der Waals surface area contributed by atoms with Gasteiger partial charge in [0.05, 0.1) is 11.0 Å². The van der Waals surface area contributed by atoms with E-state index in [0.717, 1.165) is 11.1 Å². The van der Waals surface area contributed by atoms with Gasteiger partial charge in [-0.2, -0.15) is 9.57 Å². The lowest BCUT2D eigenvalue weighted by Gasteiger charge is -2.16. The molecule has 0 aliphatic rings. The molecule has 0 N–H and O–H groups in total. The van der Waals surface area contributed by atoms with Crippen molar-refractivity contribution in [3.05, 3.63) is 29.3 Å². The number of benzene rings is 1. The van der Waals surface area contributed by atoms with Crippen LogP contribution in [0.1, 0.15) is 17.5 Å². The first-order valence-corrected chi connectivity index (χ1v) is 6.74. The molecule has 0 radical (unpaired) electrons. The third-order valence-electron chi connectivity index (χ3n) is 2.73. The molecule has 17 heavy (non-hydrogen) atoms. The fourth-order valence-corrected chi connectivity index (χ4v) is 2.64. The van der Waals surface area contributed by atoms with E-state index in [1.807, 2.05) is 19.9 Å². The summed E-state index contributed by atoms with van der Waals surface area (Å²) in [5, 5.41) is 8.46. The average molecular weight is 252 g/mol. The first kappa shape index (κ1) is 13.7. The van der Waals surface area contributed by atoms with E-state index in [1.165, 1.54) is 11.4 Å². The van der Waals surface area contributed by atoms with E-state index in [0.29, 0.717) is 0 Å². The molecule has 1 aromatic rings. The highest BCUT2D eigenvalue weighted by atomic mass is 32.2. The van der Waals surface area contributed by atoms with E-state index in [2.05, 4.69) is 0 Å². The maximum atomic E-state index is 12.1. The van der Waals surface area contributed by atoms with Gasteiger partial charge in [-0.15, -0.1) is 0 Å². The molecule has 0 aliphatic heterocycles. The molecular weight excluding hydrogens is 236 g/mol. The minimum Gasteiger partial charge on any atom is -0.207 e. The van der Waals surface area contributed by atoms with E-state index in [-0.39, 0.29) is 17.9 Å². The number of nitrogens with zero attached hydrogens (tertiary/aromatic N) is 2. The van der Waals surface area contributed by atoms with E-state index in [1.54, 1.807) is 18.2 Å². The van der Waals surface area contributed by atoms with Crippen LogP contribution in [0, 0.1) is 25.2 Å².